The van der Waals surface area contributed by atoms with Crippen molar-refractivity contribution < 1.29 is 32.4 Å². The van der Waals surface area contributed by atoms with E-state index in [-0.39, 0.29) is 31.2 Å². The van der Waals surface area contributed by atoms with Crippen LogP contribution in [-0.4, -0.2) is 90.6 Å². The molecule has 3 aliphatic rings. The summed E-state index contributed by atoms with van der Waals surface area (Å²) >= 11 is 0. The summed E-state index contributed by atoms with van der Waals surface area (Å²) in [5, 5.41) is 10.5. The van der Waals surface area contributed by atoms with E-state index in [4.69, 9.17) is 0 Å². The molecular formula is C33H55N5O7S. The molecule has 2 saturated heterocycles. The van der Waals surface area contributed by atoms with Crippen molar-refractivity contribution in [1.29, 1.82) is 0 Å². The summed E-state index contributed by atoms with van der Waals surface area (Å²) in [5.41, 5.74) is -1.63. The predicted molar refractivity (Wildman–Crippen MR) is 176 cm³/mol. The number of sulfone groups is 1. The second-order valence-corrected chi connectivity index (χ2v) is 16.7. The second-order valence-electron chi connectivity index (χ2n) is 14.4. The Labute approximate surface area is 274 Å². The van der Waals surface area contributed by atoms with Gasteiger partial charge in [-0.1, -0.05) is 72.8 Å². The maximum Gasteiger partial charge on any atom is 0.315 e. The smallest absolute Gasteiger partial charge is 0.315 e. The topological polar surface area (TPSA) is 171 Å². The van der Waals surface area contributed by atoms with Crippen LogP contribution in [0.1, 0.15) is 105 Å². The quantitative estimate of drug-likeness (QED) is 0.173. The number of urea groups is 1. The van der Waals surface area contributed by atoms with Crippen LogP contribution < -0.4 is 21.3 Å². The highest BCUT2D eigenvalue weighted by Crippen LogP contribution is 2.39. The van der Waals surface area contributed by atoms with E-state index in [1.807, 2.05) is 34.6 Å². The summed E-state index contributed by atoms with van der Waals surface area (Å²) in [4.78, 5) is 68.4. The van der Waals surface area contributed by atoms with Crippen molar-refractivity contribution in [1.82, 2.24) is 26.2 Å². The largest absolute Gasteiger partial charge is 0.346 e. The van der Waals surface area contributed by atoms with Gasteiger partial charge in [-0.2, -0.15) is 0 Å². The molecule has 2 aliphatic heterocycles. The Morgan fingerprint density at radius 1 is 1.02 bits per heavy atom. The van der Waals surface area contributed by atoms with E-state index < -0.39 is 73.7 Å². The van der Waals surface area contributed by atoms with Gasteiger partial charge in [-0.05, 0) is 49.9 Å². The lowest BCUT2D eigenvalue weighted by Gasteiger charge is -2.43. The molecule has 0 aromatic heterocycles. The van der Waals surface area contributed by atoms with Crippen molar-refractivity contribution in [3.63, 3.8) is 0 Å². The number of Topliss-reactive ketones (excluding diaryl/α,β-unsaturated/α-hetero) is 1. The lowest BCUT2D eigenvalue weighted by molar-refractivity contribution is -0.144. The van der Waals surface area contributed by atoms with Crippen molar-refractivity contribution in [3.05, 3.63) is 12.7 Å². The van der Waals surface area contributed by atoms with Gasteiger partial charge in [0.15, 0.2) is 9.84 Å². The number of amides is 5. The molecule has 3 fully saturated rings. The molecule has 1 saturated carbocycles. The number of ketones is 1. The first-order chi connectivity index (χ1) is 21.6. The van der Waals surface area contributed by atoms with E-state index in [0.717, 1.165) is 25.7 Å². The molecule has 0 aromatic carbocycles. The number of hydrogen-bond acceptors (Lipinski definition) is 7. The van der Waals surface area contributed by atoms with Gasteiger partial charge in [0.25, 0.3) is 5.91 Å². The minimum absolute atomic E-state index is 0.118. The molecule has 2 heterocycles. The van der Waals surface area contributed by atoms with E-state index in [9.17, 15) is 32.4 Å². The summed E-state index contributed by atoms with van der Waals surface area (Å²) in [7, 11) is -3.35. The molecule has 0 aromatic rings. The first-order valence-electron chi connectivity index (χ1n) is 16.9. The number of unbranched alkanes of at least 4 members (excludes halogenated alkanes) is 1. The molecule has 12 nitrogen and oxygen atoms in total. The van der Waals surface area contributed by atoms with Gasteiger partial charge >= 0.3 is 6.03 Å². The van der Waals surface area contributed by atoms with Crippen molar-refractivity contribution >= 4 is 39.4 Å². The SMILES string of the molecule is C=CCNC(=O)C(=O)[C@H](CCCC)NC(=O)[C@@H]1[C@@H](C)CCN1C(=O)[C@@H](NC(=O)NC1([C@@H]2CCCS2(=O)=O)CCCCC1)C(C)(C)C. The maximum absolute atomic E-state index is 14.2. The first kappa shape index (κ1) is 37.5. The molecule has 260 valence electrons. The first-order valence-corrected chi connectivity index (χ1v) is 18.6. The fraction of sp³-hybridized carbons (Fsp3) is 0.788. The second kappa shape index (κ2) is 15.8. The maximum atomic E-state index is 14.2. The highest BCUT2D eigenvalue weighted by atomic mass is 32.2. The Morgan fingerprint density at radius 3 is 2.26 bits per heavy atom. The molecule has 5 atom stereocenters. The van der Waals surface area contributed by atoms with E-state index in [1.165, 1.54) is 11.0 Å². The Bertz CT molecular complexity index is 1260. The number of nitrogens with one attached hydrogen (secondary N) is 4. The van der Waals surface area contributed by atoms with Crippen molar-refractivity contribution in [2.45, 2.75) is 134 Å². The fourth-order valence-corrected chi connectivity index (χ4v) is 9.63. The summed E-state index contributed by atoms with van der Waals surface area (Å²) in [6.45, 7) is 13.2. The van der Waals surface area contributed by atoms with Crippen LogP contribution >= 0.6 is 0 Å². The summed E-state index contributed by atoms with van der Waals surface area (Å²) < 4.78 is 26.0. The molecule has 4 N–H and O–H groups in total. The number of hydrogen-bond donors (Lipinski definition) is 4. The van der Waals surface area contributed by atoms with Crippen LogP contribution in [0.4, 0.5) is 4.79 Å². The highest BCUT2D eigenvalue weighted by molar-refractivity contribution is 7.92. The van der Waals surface area contributed by atoms with Crippen LogP contribution in [0.3, 0.4) is 0 Å². The summed E-state index contributed by atoms with van der Waals surface area (Å²) in [6, 6.07) is -3.55. The van der Waals surface area contributed by atoms with Gasteiger partial charge in [0.1, 0.15) is 12.1 Å². The number of carbonyl (C=O) groups is 5. The molecule has 1 aliphatic carbocycles. The standard InChI is InChI=1S/C33H55N5O7S/c1-7-9-14-23(26(39)29(41)34-19-8-2)35-28(40)25-22(3)16-20-38(25)30(42)27(32(4,5)6)36-31(43)37-33(17-11-10-12-18-33)24-15-13-21-46(24,44)45/h8,22-25,27H,2,7,9-21H2,1,3-6H3,(H,34,41)(H,35,40)(H2,36,37,43)/t22-,23-,24-,25-,27+/m0/s1. The van der Waals surface area contributed by atoms with Crippen LogP contribution in [0.25, 0.3) is 0 Å². The Balaban J connectivity index is 1.80. The molecule has 0 radical (unpaired) electrons. The lowest BCUT2D eigenvalue weighted by Crippen LogP contribution is -2.65. The van der Waals surface area contributed by atoms with Crippen LogP contribution in [0.5, 0.6) is 0 Å². The molecule has 0 spiro atoms. The normalized spacial score (nSPS) is 25.2. The third-order valence-corrected chi connectivity index (χ3v) is 12.2. The highest BCUT2D eigenvalue weighted by Gasteiger charge is 2.51. The molecule has 3 rings (SSSR count). The van der Waals surface area contributed by atoms with E-state index in [0.29, 0.717) is 38.5 Å². The zero-order valence-electron chi connectivity index (χ0n) is 28.3. The van der Waals surface area contributed by atoms with Gasteiger partial charge in [0.2, 0.25) is 17.6 Å². The average molecular weight is 666 g/mol. The third-order valence-electron chi connectivity index (χ3n) is 9.80. The minimum Gasteiger partial charge on any atom is -0.346 e. The number of likely N-dealkylation sites (tertiary alicyclic amines) is 1. The Kier molecular flexibility index (Phi) is 12.8. The third kappa shape index (κ3) is 8.89. The van der Waals surface area contributed by atoms with E-state index in [2.05, 4.69) is 27.8 Å². The molecule has 0 bridgehead atoms. The van der Waals surface area contributed by atoms with Crippen molar-refractivity contribution in [3.8, 4) is 0 Å². The average Bonchev–Trinajstić information content (AvgIpc) is 3.57. The fourth-order valence-electron chi connectivity index (χ4n) is 7.27. The van der Waals surface area contributed by atoms with Gasteiger partial charge in [-0.25, -0.2) is 13.2 Å². The van der Waals surface area contributed by atoms with Crippen LogP contribution in [-0.2, 0) is 29.0 Å². The van der Waals surface area contributed by atoms with Gasteiger partial charge < -0.3 is 26.2 Å². The molecular weight excluding hydrogens is 610 g/mol. The zero-order chi connectivity index (χ0) is 34.3. The zero-order valence-corrected chi connectivity index (χ0v) is 29.1. The van der Waals surface area contributed by atoms with Gasteiger partial charge in [0.05, 0.1) is 22.6 Å². The lowest BCUT2D eigenvalue weighted by atomic mass is 9.78. The monoisotopic (exact) mass is 665 g/mol. The van der Waals surface area contributed by atoms with Crippen molar-refractivity contribution in [2.75, 3.05) is 18.8 Å². The molecule has 5 amide bonds. The van der Waals surface area contributed by atoms with Gasteiger partial charge in [-0.15, -0.1) is 6.58 Å². The molecule has 0 unspecified atom stereocenters. The van der Waals surface area contributed by atoms with Gasteiger partial charge in [0, 0.05) is 13.1 Å². The summed E-state index contributed by atoms with van der Waals surface area (Å²) in [5.74, 6) is -2.62. The Hall–Kier alpha value is -2.96. The van der Waals surface area contributed by atoms with Crippen LogP contribution in [0.2, 0.25) is 0 Å². The minimum atomic E-state index is -3.35. The predicted octanol–water partition coefficient (Wildman–Crippen LogP) is 2.76. The molecule has 46 heavy (non-hydrogen) atoms. The van der Waals surface area contributed by atoms with Crippen molar-refractivity contribution in [2.24, 2.45) is 11.3 Å². The van der Waals surface area contributed by atoms with E-state index in [1.54, 1.807) is 0 Å². The van der Waals surface area contributed by atoms with E-state index >= 15 is 0 Å². The van der Waals surface area contributed by atoms with Crippen LogP contribution in [0.15, 0.2) is 12.7 Å². The summed E-state index contributed by atoms with van der Waals surface area (Å²) in [6.07, 6.45) is 8.46. The van der Waals surface area contributed by atoms with Gasteiger partial charge in [-0.3, -0.25) is 19.2 Å². The number of carbonyl (C=O) groups excluding carboxylic acids is 5. The number of rotatable bonds is 13. The molecule has 13 heteroatoms. The Morgan fingerprint density at radius 2 is 1.70 bits per heavy atom. The number of nitrogens with zero attached hydrogens (tertiary/aromatic N) is 1. The van der Waals surface area contributed by atoms with Crippen LogP contribution in [0, 0.1) is 11.3 Å².